The third-order valence-corrected chi connectivity index (χ3v) is 1.51. The highest BCUT2D eigenvalue weighted by Crippen LogP contribution is 2.06. The lowest BCUT2D eigenvalue weighted by molar-refractivity contribution is 0.898. The summed E-state index contributed by atoms with van der Waals surface area (Å²) < 4.78 is 0. The molecule has 1 aliphatic carbocycles. The van der Waals surface area contributed by atoms with Crippen LogP contribution in [0.3, 0.4) is 0 Å². The third kappa shape index (κ3) is 2.36. The van der Waals surface area contributed by atoms with E-state index in [4.69, 9.17) is 5.73 Å². The molecule has 0 radical (unpaired) electrons. The van der Waals surface area contributed by atoms with Gasteiger partial charge in [-0.05, 0) is 25.7 Å². The van der Waals surface area contributed by atoms with Crippen LogP contribution in [-0.4, -0.2) is 0 Å². The SMILES string of the molecule is N/C1=C/CC/C=C\CC1. The molecule has 0 fully saturated rings. The molecular weight excluding hydrogens is 110 g/mol. The van der Waals surface area contributed by atoms with E-state index < -0.39 is 0 Å². The smallest absolute Gasteiger partial charge is 0.00431 e. The van der Waals surface area contributed by atoms with E-state index in [1.807, 2.05) is 0 Å². The maximum absolute atomic E-state index is 5.63. The van der Waals surface area contributed by atoms with Gasteiger partial charge < -0.3 is 5.73 Å². The van der Waals surface area contributed by atoms with E-state index in [2.05, 4.69) is 18.2 Å². The first-order valence-electron chi connectivity index (χ1n) is 3.49. The topological polar surface area (TPSA) is 26.0 Å². The van der Waals surface area contributed by atoms with Gasteiger partial charge in [0.15, 0.2) is 0 Å². The van der Waals surface area contributed by atoms with Crippen LogP contribution >= 0.6 is 0 Å². The van der Waals surface area contributed by atoms with Gasteiger partial charge >= 0.3 is 0 Å². The molecule has 0 aliphatic heterocycles. The Morgan fingerprint density at radius 3 is 2.78 bits per heavy atom. The molecule has 50 valence electrons. The fraction of sp³-hybridized carbons (Fsp3) is 0.500. The number of allylic oxidation sites excluding steroid dienone is 4. The molecule has 0 saturated heterocycles. The second-order valence-electron chi connectivity index (χ2n) is 2.37. The molecule has 9 heavy (non-hydrogen) atoms. The molecule has 1 nitrogen and oxygen atoms in total. The summed E-state index contributed by atoms with van der Waals surface area (Å²) in [5, 5.41) is 0. The van der Waals surface area contributed by atoms with Crippen molar-refractivity contribution in [1.29, 1.82) is 0 Å². The predicted octanol–water partition coefficient (Wildman–Crippen LogP) is 1.96. The van der Waals surface area contributed by atoms with Crippen molar-refractivity contribution in [2.24, 2.45) is 5.73 Å². The van der Waals surface area contributed by atoms with Crippen LogP contribution in [0, 0.1) is 0 Å². The van der Waals surface area contributed by atoms with E-state index >= 15 is 0 Å². The molecule has 0 amide bonds. The lowest BCUT2D eigenvalue weighted by atomic mass is 10.1. The van der Waals surface area contributed by atoms with Gasteiger partial charge in [-0.1, -0.05) is 18.2 Å². The van der Waals surface area contributed by atoms with E-state index in [-0.39, 0.29) is 0 Å². The first kappa shape index (κ1) is 6.40. The van der Waals surface area contributed by atoms with Gasteiger partial charge in [0.1, 0.15) is 0 Å². The molecular formula is C8H13N. The Morgan fingerprint density at radius 1 is 1.11 bits per heavy atom. The van der Waals surface area contributed by atoms with Crippen LogP contribution in [-0.2, 0) is 0 Å². The zero-order valence-electron chi connectivity index (χ0n) is 5.64. The minimum atomic E-state index is 1.04. The first-order valence-corrected chi connectivity index (χ1v) is 3.49. The Hall–Kier alpha value is -0.720. The Bertz CT molecular complexity index is 134. The average Bonchev–Trinajstić information content (AvgIpc) is 1.79. The zero-order chi connectivity index (χ0) is 6.53. The summed E-state index contributed by atoms with van der Waals surface area (Å²) in [6.07, 6.45) is 11.0. The molecule has 1 rings (SSSR count). The summed E-state index contributed by atoms with van der Waals surface area (Å²) in [6, 6.07) is 0. The van der Waals surface area contributed by atoms with Gasteiger partial charge in [0.05, 0.1) is 0 Å². The fourth-order valence-corrected chi connectivity index (χ4v) is 0.953. The van der Waals surface area contributed by atoms with Crippen LogP contribution in [0.2, 0.25) is 0 Å². The van der Waals surface area contributed by atoms with Crippen molar-refractivity contribution in [2.45, 2.75) is 25.7 Å². The van der Waals surface area contributed by atoms with Crippen LogP contribution < -0.4 is 5.73 Å². The molecule has 0 saturated carbocycles. The average molecular weight is 123 g/mol. The maximum Gasteiger partial charge on any atom is 0.00431 e. The van der Waals surface area contributed by atoms with Crippen molar-refractivity contribution in [3.05, 3.63) is 23.9 Å². The second kappa shape index (κ2) is 3.33. The summed E-state index contributed by atoms with van der Waals surface area (Å²) in [4.78, 5) is 0. The highest BCUT2D eigenvalue weighted by molar-refractivity contribution is 5.02. The van der Waals surface area contributed by atoms with Crippen molar-refractivity contribution < 1.29 is 0 Å². The summed E-state index contributed by atoms with van der Waals surface area (Å²) in [6.45, 7) is 0. The van der Waals surface area contributed by atoms with Crippen molar-refractivity contribution in [2.75, 3.05) is 0 Å². The molecule has 0 atom stereocenters. The number of nitrogens with two attached hydrogens (primary N) is 1. The van der Waals surface area contributed by atoms with Crippen molar-refractivity contribution in [3.8, 4) is 0 Å². The molecule has 0 aromatic rings. The number of rotatable bonds is 0. The van der Waals surface area contributed by atoms with Gasteiger partial charge in [0.2, 0.25) is 0 Å². The van der Waals surface area contributed by atoms with Gasteiger partial charge in [-0.2, -0.15) is 0 Å². The third-order valence-electron chi connectivity index (χ3n) is 1.51. The Balaban J connectivity index is 2.41. The molecule has 0 aromatic carbocycles. The second-order valence-corrected chi connectivity index (χ2v) is 2.37. The summed E-state index contributed by atoms with van der Waals surface area (Å²) >= 11 is 0. The van der Waals surface area contributed by atoms with Crippen LogP contribution in [0.25, 0.3) is 0 Å². The molecule has 0 bridgehead atoms. The van der Waals surface area contributed by atoms with Gasteiger partial charge in [0, 0.05) is 5.70 Å². The monoisotopic (exact) mass is 123 g/mol. The van der Waals surface area contributed by atoms with Gasteiger partial charge in [-0.15, -0.1) is 0 Å². The zero-order valence-corrected chi connectivity index (χ0v) is 5.64. The maximum atomic E-state index is 5.63. The molecule has 0 unspecified atom stereocenters. The highest BCUT2D eigenvalue weighted by atomic mass is 14.6. The van der Waals surface area contributed by atoms with Crippen LogP contribution in [0.4, 0.5) is 0 Å². The predicted molar refractivity (Wildman–Crippen MR) is 39.9 cm³/mol. The summed E-state index contributed by atoms with van der Waals surface area (Å²) in [5.41, 5.74) is 6.69. The van der Waals surface area contributed by atoms with Crippen LogP contribution in [0.5, 0.6) is 0 Å². The summed E-state index contributed by atoms with van der Waals surface area (Å²) in [5.74, 6) is 0. The quantitative estimate of drug-likeness (QED) is 0.489. The van der Waals surface area contributed by atoms with Gasteiger partial charge in [-0.3, -0.25) is 0 Å². The lowest BCUT2D eigenvalue weighted by Gasteiger charge is -2.00. The lowest BCUT2D eigenvalue weighted by Crippen LogP contribution is -1.96. The van der Waals surface area contributed by atoms with E-state index in [0.29, 0.717) is 0 Å². The molecule has 1 aliphatic rings. The molecule has 0 aromatic heterocycles. The normalized spacial score (nSPS) is 29.6. The van der Waals surface area contributed by atoms with Crippen LogP contribution in [0.1, 0.15) is 25.7 Å². The van der Waals surface area contributed by atoms with Crippen molar-refractivity contribution >= 4 is 0 Å². The van der Waals surface area contributed by atoms with Crippen LogP contribution in [0.15, 0.2) is 23.9 Å². The molecule has 2 N–H and O–H groups in total. The minimum Gasteiger partial charge on any atom is -0.402 e. The Morgan fingerprint density at radius 2 is 1.89 bits per heavy atom. The van der Waals surface area contributed by atoms with Crippen molar-refractivity contribution in [3.63, 3.8) is 0 Å². The van der Waals surface area contributed by atoms with Gasteiger partial charge in [-0.25, -0.2) is 0 Å². The molecule has 1 heteroatoms. The van der Waals surface area contributed by atoms with Crippen molar-refractivity contribution in [1.82, 2.24) is 0 Å². The standard InChI is InChI=1S/C8H13N/c9-8-6-4-2-1-3-5-7-8/h1-2,7H,3-6,9H2/b2-1-,8-7+. The Kier molecular flexibility index (Phi) is 2.37. The van der Waals surface area contributed by atoms with E-state index in [0.717, 1.165) is 31.4 Å². The molecule has 0 spiro atoms. The van der Waals surface area contributed by atoms with E-state index in [1.165, 1.54) is 0 Å². The Labute approximate surface area is 56.2 Å². The van der Waals surface area contributed by atoms with E-state index in [1.54, 1.807) is 0 Å². The number of hydrogen-bond donors (Lipinski definition) is 1. The molecule has 0 heterocycles. The largest absolute Gasteiger partial charge is 0.402 e. The fourth-order valence-electron chi connectivity index (χ4n) is 0.953. The first-order chi connectivity index (χ1) is 4.39. The van der Waals surface area contributed by atoms with E-state index in [9.17, 15) is 0 Å². The van der Waals surface area contributed by atoms with Gasteiger partial charge in [0.25, 0.3) is 0 Å². The summed E-state index contributed by atoms with van der Waals surface area (Å²) in [7, 11) is 0. The number of hydrogen-bond acceptors (Lipinski definition) is 1. The minimum absolute atomic E-state index is 1.04. The highest BCUT2D eigenvalue weighted by Gasteiger charge is 1.90.